The summed E-state index contributed by atoms with van der Waals surface area (Å²) in [5.41, 5.74) is 2.75. The molecule has 0 saturated carbocycles. The Balaban J connectivity index is 1.23. The Morgan fingerprint density at radius 2 is 2.06 bits per heavy atom. The lowest BCUT2D eigenvalue weighted by Gasteiger charge is -2.34. The number of nitrogens with zero attached hydrogens (tertiary/aromatic N) is 6. The Labute approximate surface area is 208 Å². The molecule has 2 atom stereocenters. The van der Waals surface area contributed by atoms with Gasteiger partial charge in [-0.1, -0.05) is 0 Å². The minimum Gasteiger partial charge on any atom is -0.474 e. The van der Waals surface area contributed by atoms with Crippen LogP contribution >= 0.6 is 0 Å². The van der Waals surface area contributed by atoms with E-state index in [0.29, 0.717) is 40.9 Å². The zero-order valence-corrected chi connectivity index (χ0v) is 20.3. The number of nitriles is 1. The van der Waals surface area contributed by atoms with Gasteiger partial charge in [0.05, 0.1) is 16.9 Å². The summed E-state index contributed by atoms with van der Waals surface area (Å²) in [6, 6.07) is 12.8. The van der Waals surface area contributed by atoms with E-state index in [-0.39, 0.29) is 5.91 Å². The summed E-state index contributed by atoms with van der Waals surface area (Å²) in [6.45, 7) is 5.39. The molecule has 36 heavy (non-hydrogen) atoms. The summed E-state index contributed by atoms with van der Waals surface area (Å²) in [4.78, 5) is 30.2. The van der Waals surface area contributed by atoms with Crippen molar-refractivity contribution in [3.63, 3.8) is 0 Å². The Hall–Kier alpha value is -4.23. The number of amides is 1. The fourth-order valence-electron chi connectivity index (χ4n) is 5.16. The topological polar surface area (TPSA) is 119 Å². The summed E-state index contributed by atoms with van der Waals surface area (Å²) in [6.07, 6.45) is 4.44. The first kappa shape index (κ1) is 22.2. The second-order valence-corrected chi connectivity index (χ2v) is 10.0. The van der Waals surface area contributed by atoms with Gasteiger partial charge in [-0.15, -0.1) is 0 Å². The number of nitrogens with one attached hydrogen (secondary N) is 2. The molecule has 1 amide bonds. The van der Waals surface area contributed by atoms with Crippen LogP contribution in [0.15, 0.2) is 42.7 Å². The molecule has 0 aliphatic carbocycles. The molecule has 2 N–H and O–H groups in total. The number of benzene rings is 1. The van der Waals surface area contributed by atoms with Crippen molar-refractivity contribution in [3.8, 4) is 23.1 Å². The van der Waals surface area contributed by atoms with Crippen molar-refractivity contribution in [2.24, 2.45) is 0 Å². The maximum atomic E-state index is 12.1. The van der Waals surface area contributed by atoms with E-state index in [2.05, 4.69) is 48.5 Å². The van der Waals surface area contributed by atoms with Crippen LogP contribution < -0.4 is 20.3 Å². The molecule has 0 radical (unpaired) electrons. The Morgan fingerprint density at radius 1 is 1.19 bits per heavy atom. The lowest BCUT2D eigenvalue weighted by atomic mass is 10.1. The standard InChI is InChI=1S/C26H26N8O2/c1-26(2)24(35)32-23-22(36-26)9-16(12-29-23)20-6-7-28-25(31-20)30-17-4-5-21(15(8-17)11-27)34-14-18-10-19(34)13-33(18)3/h4-9,12,18-19H,10,13-14H2,1-3H3,(H,28,30,31)(H,29,32,35)/t18-,19-/m0/s1. The van der Waals surface area contributed by atoms with Crippen LogP contribution in [-0.4, -0.2) is 63.6 Å². The average molecular weight is 483 g/mol. The summed E-state index contributed by atoms with van der Waals surface area (Å²) in [7, 11) is 2.17. The first-order chi connectivity index (χ1) is 17.3. The number of aromatic nitrogens is 3. The minimum absolute atomic E-state index is 0.240. The van der Waals surface area contributed by atoms with Crippen molar-refractivity contribution < 1.29 is 9.53 Å². The first-order valence-corrected chi connectivity index (χ1v) is 11.9. The predicted octanol–water partition coefficient (Wildman–Crippen LogP) is 3.16. The molecule has 0 spiro atoms. The van der Waals surface area contributed by atoms with Crippen LogP contribution in [0.1, 0.15) is 25.8 Å². The van der Waals surface area contributed by atoms with E-state index in [1.165, 1.54) is 0 Å². The maximum Gasteiger partial charge on any atom is 0.269 e. The first-order valence-electron chi connectivity index (χ1n) is 11.9. The quantitative estimate of drug-likeness (QED) is 0.578. The number of hydrogen-bond donors (Lipinski definition) is 2. The number of anilines is 4. The third-order valence-electron chi connectivity index (χ3n) is 7.14. The van der Waals surface area contributed by atoms with Crippen LogP contribution in [0.4, 0.5) is 23.1 Å². The lowest BCUT2D eigenvalue weighted by Crippen LogP contribution is -2.45. The largest absolute Gasteiger partial charge is 0.474 e. The molecule has 2 bridgehead atoms. The van der Waals surface area contributed by atoms with Crippen LogP contribution in [0.5, 0.6) is 5.75 Å². The van der Waals surface area contributed by atoms with Gasteiger partial charge in [0.15, 0.2) is 17.2 Å². The van der Waals surface area contributed by atoms with Crippen LogP contribution in [-0.2, 0) is 4.79 Å². The molecule has 3 aliphatic heterocycles. The normalized spacial score (nSPS) is 21.9. The number of carbonyl (C=O) groups is 1. The third-order valence-corrected chi connectivity index (χ3v) is 7.14. The van der Waals surface area contributed by atoms with Crippen molar-refractivity contribution in [1.29, 1.82) is 5.26 Å². The van der Waals surface area contributed by atoms with Crippen molar-refractivity contribution in [1.82, 2.24) is 19.9 Å². The number of rotatable bonds is 4. The van der Waals surface area contributed by atoms with E-state index in [1.807, 2.05) is 18.2 Å². The number of hydrogen-bond acceptors (Lipinski definition) is 9. The number of likely N-dealkylation sites (N-methyl/N-ethyl adjacent to an activating group) is 1. The molecule has 182 valence electrons. The average Bonchev–Trinajstić information content (AvgIpc) is 3.44. The summed E-state index contributed by atoms with van der Waals surface area (Å²) in [5.74, 6) is 1.04. The molecule has 6 rings (SSSR count). The molecule has 2 saturated heterocycles. The number of carbonyl (C=O) groups excluding carboxylic acids is 1. The second-order valence-electron chi connectivity index (χ2n) is 10.0. The highest BCUT2D eigenvalue weighted by Gasteiger charge is 2.42. The van der Waals surface area contributed by atoms with E-state index in [0.717, 1.165) is 36.4 Å². The highest BCUT2D eigenvalue weighted by molar-refractivity contribution is 5.99. The third kappa shape index (κ3) is 3.78. The molecule has 10 nitrogen and oxygen atoms in total. The van der Waals surface area contributed by atoms with Gasteiger partial charge in [-0.05, 0) is 57.6 Å². The second kappa shape index (κ2) is 8.17. The van der Waals surface area contributed by atoms with Gasteiger partial charge in [-0.3, -0.25) is 9.69 Å². The van der Waals surface area contributed by atoms with Crippen LogP contribution in [0.3, 0.4) is 0 Å². The molecule has 2 fully saturated rings. The number of ether oxygens (including phenoxy) is 1. The van der Waals surface area contributed by atoms with Gasteiger partial charge >= 0.3 is 0 Å². The molecular weight excluding hydrogens is 456 g/mol. The van der Waals surface area contributed by atoms with E-state index >= 15 is 0 Å². The fraction of sp³-hybridized carbons (Fsp3) is 0.346. The number of fused-ring (bicyclic) bond motifs is 3. The number of pyridine rings is 1. The molecule has 5 heterocycles. The van der Waals surface area contributed by atoms with E-state index in [4.69, 9.17) is 4.74 Å². The van der Waals surface area contributed by atoms with Gasteiger partial charge in [0, 0.05) is 48.8 Å². The van der Waals surface area contributed by atoms with Crippen LogP contribution in [0, 0.1) is 11.3 Å². The van der Waals surface area contributed by atoms with Gasteiger partial charge in [0.2, 0.25) is 5.95 Å². The van der Waals surface area contributed by atoms with Crippen molar-refractivity contribution in [2.45, 2.75) is 38.0 Å². The molecule has 3 aromatic rings. The van der Waals surface area contributed by atoms with E-state index in [1.54, 1.807) is 38.4 Å². The van der Waals surface area contributed by atoms with Crippen LogP contribution in [0.2, 0.25) is 0 Å². The Bertz CT molecular complexity index is 1410. The summed E-state index contributed by atoms with van der Waals surface area (Å²) < 4.78 is 5.85. The highest BCUT2D eigenvalue weighted by atomic mass is 16.5. The number of likely N-dealkylation sites (tertiary alicyclic amines) is 1. The molecule has 3 aliphatic rings. The highest BCUT2D eigenvalue weighted by Crippen LogP contribution is 2.37. The fourth-order valence-corrected chi connectivity index (χ4v) is 5.16. The van der Waals surface area contributed by atoms with Gasteiger partial charge in [0.1, 0.15) is 6.07 Å². The SMILES string of the molecule is CN1C[C@@H]2C[C@H]1CN2c1ccc(Nc2nccc(-c3cnc4c(c3)OC(C)(C)C(=O)N4)n2)cc1C#N. The molecule has 1 aromatic carbocycles. The lowest BCUT2D eigenvalue weighted by molar-refractivity contribution is -0.129. The zero-order chi connectivity index (χ0) is 25.0. The molecule has 0 unspecified atom stereocenters. The number of piperazine rings is 1. The van der Waals surface area contributed by atoms with Crippen molar-refractivity contribution in [2.75, 3.05) is 35.7 Å². The summed E-state index contributed by atoms with van der Waals surface area (Å²) in [5, 5.41) is 15.8. The van der Waals surface area contributed by atoms with Gasteiger partial charge in [-0.2, -0.15) is 5.26 Å². The Morgan fingerprint density at radius 3 is 2.81 bits per heavy atom. The molecule has 2 aromatic heterocycles. The van der Waals surface area contributed by atoms with Gasteiger partial charge in [-0.25, -0.2) is 15.0 Å². The van der Waals surface area contributed by atoms with Crippen molar-refractivity contribution >= 4 is 29.0 Å². The Kier molecular flexibility index (Phi) is 5.05. The minimum atomic E-state index is -0.985. The maximum absolute atomic E-state index is 12.1. The predicted molar refractivity (Wildman–Crippen MR) is 135 cm³/mol. The van der Waals surface area contributed by atoms with Crippen LogP contribution in [0.25, 0.3) is 11.3 Å². The molecular formula is C26H26N8O2. The summed E-state index contributed by atoms with van der Waals surface area (Å²) >= 11 is 0. The van der Waals surface area contributed by atoms with Gasteiger partial charge in [0.25, 0.3) is 5.91 Å². The van der Waals surface area contributed by atoms with Crippen molar-refractivity contribution in [3.05, 3.63) is 48.3 Å². The monoisotopic (exact) mass is 482 g/mol. The van der Waals surface area contributed by atoms with E-state index < -0.39 is 5.60 Å². The van der Waals surface area contributed by atoms with Gasteiger partial charge < -0.3 is 20.3 Å². The molecule has 10 heteroatoms. The van der Waals surface area contributed by atoms with E-state index in [9.17, 15) is 10.1 Å². The smallest absolute Gasteiger partial charge is 0.269 e. The zero-order valence-electron chi connectivity index (χ0n) is 20.3.